The molecule has 0 radical (unpaired) electrons. The molecule has 0 spiro atoms. The van der Waals surface area contributed by atoms with Gasteiger partial charge < -0.3 is 10.8 Å². The lowest BCUT2D eigenvalue weighted by atomic mass is 9.99. The van der Waals surface area contributed by atoms with Crippen LogP contribution in [0.15, 0.2) is 72.8 Å². The highest BCUT2D eigenvalue weighted by Gasteiger charge is 2.38. The maximum Gasteiger partial charge on any atom is 0.490 e. The predicted octanol–water partition coefficient (Wildman–Crippen LogP) is 5.40. The minimum atomic E-state index is -5.08. The number of aryl methyl sites for hydroxylation is 2. The molecule has 0 aliphatic carbocycles. The van der Waals surface area contributed by atoms with Gasteiger partial charge in [-0.05, 0) is 65.8 Å². The van der Waals surface area contributed by atoms with Gasteiger partial charge in [-0.2, -0.15) is 13.2 Å². The van der Waals surface area contributed by atoms with Crippen LogP contribution in [-0.2, 0) is 17.6 Å². The summed E-state index contributed by atoms with van der Waals surface area (Å²) in [7, 11) is 0. The van der Waals surface area contributed by atoms with Crippen LogP contribution in [0.2, 0.25) is 0 Å². The van der Waals surface area contributed by atoms with Gasteiger partial charge in [-0.25, -0.2) is 9.18 Å². The summed E-state index contributed by atoms with van der Waals surface area (Å²) in [6.45, 7) is 0. The molecular formula is C24H21F4NO3. The van der Waals surface area contributed by atoms with Crippen molar-refractivity contribution in [1.29, 1.82) is 0 Å². The van der Waals surface area contributed by atoms with Crippen LogP contribution in [0.5, 0.6) is 0 Å². The van der Waals surface area contributed by atoms with Crippen molar-refractivity contribution in [1.82, 2.24) is 0 Å². The summed E-state index contributed by atoms with van der Waals surface area (Å²) in [5.74, 6) is -3.36. The molecule has 0 aromatic heterocycles. The van der Waals surface area contributed by atoms with Crippen LogP contribution in [0.25, 0.3) is 11.1 Å². The fraction of sp³-hybridized carbons (Fsp3) is 0.167. The lowest BCUT2D eigenvalue weighted by molar-refractivity contribution is -0.192. The summed E-state index contributed by atoms with van der Waals surface area (Å²) in [6.07, 6.45) is -2.31. The minimum absolute atomic E-state index is 0.181. The number of carbonyl (C=O) groups is 2. The Balaban J connectivity index is 0.000000451. The second-order valence-electron chi connectivity index (χ2n) is 6.93. The van der Waals surface area contributed by atoms with Crippen LogP contribution >= 0.6 is 0 Å². The highest BCUT2D eigenvalue weighted by molar-refractivity contribution is 5.94. The molecular weight excluding hydrogens is 426 g/mol. The number of hydrogen-bond acceptors (Lipinski definition) is 2. The Morgan fingerprint density at radius 1 is 0.812 bits per heavy atom. The van der Waals surface area contributed by atoms with E-state index in [4.69, 9.17) is 15.6 Å². The second kappa shape index (κ2) is 11.1. The maximum absolute atomic E-state index is 13.2. The fourth-order valence-corrected chi connectivity index (χ4v) is 2.90. The molecule has 0 aliphatic rings. The Kier molecular flexibility index (Phi) is 8.52. The molecule has 8 heteroatoms. The number of primary amides is 1. The lowest BCUT2D eigenvalue weighted by Gasteiger charge is -2.06. The van der Waals surface area contributed by atoms with Crippen LogP contribution in [0, 0.1) is 5.82 Å². The number of amides is 1. The summed E-state index contributed by atoms with van der Waals surface area (Å²) in [4.78, 5) is 20.2. The van der Waals surface area contributed by atoms with Gasteiger partial charge in [-0.15, -0.1) is 0 Å². The van der Waals surface area contributed by atoms with Gasteiger partial charge in [-0.3, -0.25) is 4.79 Å². The van der Waals surface area contributed by atoms with E-state index in [2.05, 4.69) is 24.3 Å². The van der Waals surface area contributed by atoms with Gasteiger partial charge in [0.25, 0.3) is 0 Å². The molecule has 3 aromatic carbocycles. The van der Waals surface area contributed by atoms with E-state index in [1.54, 1.807) is 24.3 Å². The molecule has 168 valence electrons. The predicted molar refractivity (Wildman–Crippen MR) is 113 cm³/mol. The minimum Gasteiger partial charge on any atom is -0.475 e. The van der Waals surface area contributed by atoms with Gasteiger partial charge in [-0.1, -0.05) is 48.5 Å². The van der Waals surface area contributed by atoms with Crippen molar-refractivity contribution in [2.75, 3.05) is 0 Å². The summed E-state index contributed by atoms with van der Waals surface area (Å²) < 4.78 is 44.9. The quantitative estimate of drug-likeness (QED) is 0.497. The average Bonchev–Trinajstić information content (AvgIpc) is 2.74. The molecule has 0 saturated heterocycles. The SMILES string of the molecule is NC(=O)c1cccc(-c2ccc(CCCc3cccc(F)c3)cc2)c1.O=C(O)C(F)(F)F. The van der Waals surface area contributed by atoms with Gasteiger partial charge in [0.15, 0.2) is 0 Å². The molecule has 32 heavy (non-hydrogen) atoms. The third-order valence-corrected chi connectivity index (χ3v) is 4.50. The summed E-state index contributed by atoms with van der Waals surface area (Å²) in [5.41, 5.74) is 10.1. The van der Waals surface area contributed by atoms with Gasteiger partial charge in [0.2, 0.25) is 5.91 Å². The number of carboxylic acid groups (broad SMARTS) is 1. The molecule has 0 saturated carbocycles. The van der Waals surface area contributed by atoms with Gasteiger partial charge >= 0.3 is 12.1 Å². The Morgan fingerprint density at radius 2 is 1.41 bits per heavy atom. The number of aliphatic carboxylic acids is 1. The highest BCUT2D eigenvalue weighted by atomic mass is 19.4. The number of carbonyl (C=O) groups excluding carboxylic acids is 1. The van der Waals surface area contributed by atoms with E-state index < -0.39 is 18.1 Å². The third-order valence-electron chi connectivity index (χ3n) is 4.50. The molecule has 1 amide bonds. The third kappa shape index (κ3) is 7.86. The standard InChI is InChI=1S/C22H20FNO.C2HF3O2/c23-21-9-2-6-17(14-21)5-1-4-16-10-12-18(13-11-16)19-7-3-8-20(15-19)22(24)25;3-2(4,5)1(6)7/h2-3,6-15H,1,4-5H2,(H2,24,25);(H,6,7). The zero-order valence-corrected chi connectivity index (χ0v) is 16.9. The highest BCUT2D eigenvalue weighted by Crippen LogP contribution is 2.21. The molecule has 3 N–H and O–H groups in total. The smallest absolute Gasteiger partial charge is 0.475 e. The number of rotatable bonds is 6. The maximum atomic E-state index is 13.2. The molecule has 0 aliphatic heterocycles. The molecule has 0 unspecified atom stereocenters. The van der Waals surface area contributed by atoms with Crippen LogP contribution in [0.1, 0.15) is 27.9 Å². The average molecular weight is 447 g/mol. The molecule has 3 rings (SSSR count). The lowest BCUT2D eigenvalue weighted by Crippen LogP contribution is -2.21. The van der Waals surface area contributed by atoms with Gasteiger partial charge in [0.1, 0.15) is 5.82 Å². The number of carboxylic acids is 1. The first kappa shape index (κ1) is 24.6. The van der Waals surface area contributed by atoms with E-state index >= 15 is 0 Å². The van der Waals surface area contributed by atoms with Gasteiger partial charge in [0, 0.05) is 5.56 Å². The molecule has 0 atom stereocenters. The van der Waals surface area contributed by atoms with Crippen molar-refractivity contribution < 1.29 is 32.3 Å². The normalized spacial score (nSPS) is 10.8. The summed E-state index contributed by atoms with van der Waals surface area (Å²) >= 11 is 0. The first-order chi connectivity index (χ1) is 15.1. The van der Waals surface area contributed by atoms with Crippen molar-refractivity contribution >= 4 is 11.9 Å². The molecule has 4 nitrogen and oxygen atoms in total. The molecule has 0 heterocycles. The Morgan fingerprint density at radius 3 is 1.97 bits per heavy atom. The van der Waals surface area contributed by atoms with Crippen molar-refractivity contribution in [2.24, 2.45) is 5.73 Å². The van der Waals surface area contributed by atoms with Crippen LogP contribution in [0.3, 0.4) is 0 Å². The zero-order chi connectivity index (χ0) is 23.7. The van der Waals surface area contributed by atoms with E-state index in [0.29, 0.717) is 5.56 Å². The topological polar surface area (TPSA) is 80.4 Å². The van der Waals surface area contributed by atoms with E-state index in [1.165, 1.54) is 11.6 Å². The van der Waals surface area contributed by atoms with E-state index in [0.717, 1.165) is 36.0 Å². The van der Waals surface area contributed by atoms with Crippen molar-refractivity contribution in [3.63, 3.8) is 0 Å². The van der Waals surface area contributed by atoms with Crippen LogP contribution < -0.4 is 5.73 Å². The number of nitrogens with two attached hydrogens (primary N) is 1. The second-order valence-corrected chi connectivity index (χ2v) is 6.93. The Hall–Kier alpha value is -3.68. The summed E-state index contributed by atoms with van der Waals surface area (Å²) in [6, 6.07) is 22.4. The van der Waals surface area contributed by atoms with Crippen molar-refractivity contribution in [3.05, 3.63) is 95.3 Å². The van der Waals surface area contributed by atoms with E-state index in [-0.39, 0.29) is 5.82 Å². The number of hydrogen-bond donors (Lipinski definition) is 2. The zero-order valence-electron chi connectivity index (χ0n) is 16.9. The molecule has 0 fully saturated rings. The summed E-state index contributed by atoms with van der Waals surface area (Å²) in [5, 5.41) is 7.12. The van der Waals surface area contributed by atoms with Crippen LogP contribution in [0.4, 0.5) is 17.6 Å². The van der Waals surface area contributed by atoms with Gasteiger partial charge in [0.05, 0.1) is 0 Å². The monoisotopic (exact) mass is 447 g/mol. The Labute approximate surface area is 182 Å². The first-order valence-electron chi connectivity index (χ1n) is 9.60. The fourth-order valence-electron chi connectivity index (χ4n) is 2.90. The molecule has 0 bridgehead atoms. The molecule has 3 aromatic rings. The Bertz CT molecular complexity index is 1060. The van der Waals surface area contributed by atoms with Crippen LogP contribution in [-0.4, -0.2) is 23.2 Å². The number of halogens is 4. The number of benzene rings is 3. The largest absolute Gasteiger partial charge is 0.490 e. The number of alkyl halides is 3. The van der Waals surface area contributed by atoms with Crippen molar-refractivity contribution in [2.45, 2.75) is 25.4 Å². The first-order valence-corrected chi connectivity index (χ1v) is 9.60. The van der Waals surface area contributed by atoms with E-state index in [1.807, 2.05) is 18.2 Å². The van der Waals surface area contributed by atoms with Crippen molar-refractivity contribution in [3.8, 4) is 11.1 Å². The van der Waals surface area contributed by atoms with E-state index in [9.17, 15) is 22.4 Å².